The topological polar surface area (TPSA) is 50.8 Å². The number of hydrogen-bond donors (Lipinski definition) is 1. The van der Waals surface area contributed by atoms with Crippen molar-refractivity contribution in [2.75, 3.05) is 18.2 Å². The molecule has 2 aliphatic heterocycles. The van der Waals surface area contributed by atoms with Crippen LogP contribution in [0.1, 0.15) is 36.9 Å². The number of ether oxygens (including phenoxy) is 2. The second-order valence-corrected chi connectivity index (χ2v) is 7.51. The molecular formula is C20H21BrN2O3. The van der Waals surface area contributed by atoms with Gasteiger partial charge in [0.15, 0.2) is 11.5 Å². The molecule has 1 unspecified atom stereocenters. The SMILES string of the molecule is CC(NCc1cc(Br)c2c(c1)OCO2)c1ccc(N2CCCC2=O)cc1. The summed E-state index contributed by atoms with van der Waals surface area (Å²) in [4.78, 5) is 13.7. The Hall–Kier alpha value is -2.05. The van der Waals surface area contributed by atoms with Crippen LogP contribution in [0.15, 0.2) is 40.9 Å². The molecule has 4 rings (SSSR count). The fourth-order valence-corrected chi connectivity index (χ4v) is 3.98. The van der Waals surface area contributed by atoms with Crippen molar-refractivity contribution in [3.8, 4) is 11.5 Å². The summed E-state index contributed by atoms with van der Waals surface area (Å²) < 4.78 is 11.8. The van der Waals surface area contributed by atoms with Gasteiger partial charge in [0.05, 0.1) is 4.47 Å². The number of amides is 1. The third-order valence-corrected chi connectivity index (χ3v) is 5.47. The summed E-state index contributed by atoms with van der Waals surface area (Å²) in [6.07, 6.45) is 1.61. The Morgan fingerprint density at radius 1 is 1.23 bits per heavy atom. The number of benzene rings is 2. The Morgan fingerprint density at radius 2 is 2.04 bits per heavy atom. The van der Waals surface area contributed by atoms with Crippen molar-refractivity contribution in [3.63, 3.8) is 0 Å². The average Bonchev–Trinajstić information content (AvgIpc) is 3.29. The highest BCUT2D eigenvalue weighted by Crippen LogP contribution is 2.40. The molecule has 5 nitrogen and oxygen atoms in total. The molecule has 0 aromatic heterocycles. The predicted molar refractivity (Wildman–Crippen MR) is 104 cm³/mol. The quantitative estimate of drug-likeness (QED) is 0.794. The average molecular weight is 417 g/mol. The largest absolute Gasteiger partial charge is 0.454 e. The molecule has 26 heavy (non-hydrogen) atoms. The molecule has 0 saturated carbocycles. The summed E-state index contributed by atoms with van der Waals surface area (Å²) in [6, 6.07) is 12.5. The summed E-state index contributed by atoms with van der Waals surface area (Å²) in [5, 5.41) is 3.53. The smallest absolute Gasteiger partial charge is 0.231 e. The van der Waals surface area contributed by atoms with Crippen molar-refractivity contribution < 1.29 is 14.3 Å². The predicted octanol–water partition coefficient (Wildman–Crippen LogP) is 4.16. The molecule has 1 atom stereocenters. The van der Waals surface area contributed by atoms with Crippen LogP contribution in [0.2, 0.25) is 0 Å². The van der Waals surface area contributed by atoms with E-state index < -0.39 is 0 Å². The zero-order valence-corrected chi connectivity index (χ0v) is 16.2. The number of carbonyl (C=O) groups excluding carboxylic acids is 1. The van der Waals surface area contributed by atoms with Gasteiger partial charge < -0.3 is 19.7 Å². The van der Waals surface area contributed by atoms with Crippen LogP contribution in [0, 0.1) is 0 Å². The number of fused-ring (bicyclic) bond motifs is 1. The van der Waals surface area contributed by atoms with E-state index >= 15 is 0 Å². The van der Waals surface area contributed by atoms with Crippen LogP contribution in [0.3, 0.4) is 0 Å². The highest BCUT2D eigenvalue weighted by Gasteiger charge is 2.22. The fraction of sp³-hybridized carbons (Fsp3) is 0.350. The minimum Gasteiger partial charge on any atom is -0.454 e. The Morgan fingerprint density at radius 3 is 2.77 bits per heavy atom. The van der Waals surface area contributed by atoms with Crippen molar-refractivity contribution in [3.05, 3.63) is 52.0 Å². The van der Waals surface area contributed by atoms with Crippen LogP contribution in [0.25, 0.3) is 0 Å². The second kappa shape index (κ2) is 7.29. The molecule has 0 bridgehead atoms. The van der Waals surface area contributed by atoms with Crippen LogP contribution in [0.4, 0.5) is 5.69 Å². The maximum Gasteiger partial charge on any atom is 0.231 e. The van der Waals surface area contributed by atoms with Crippen LogP contribution < -0.4 is 19.7 Å². The van der Waals surface area contributed by atoms with Crippen LogP contribution in [0.5, 0.6) is 11.5 Å². The van der Waals surface area contributed by atoms with Gasteiger partial charge >= 0.3 is 0 Å². The zero-order chi connectivity index (χ0) is 18.1. The number of nitrogens with one attached hydrogen (secondary N) is 1. The molecule has 136 valence electrons. The van der Waals surface area contributed by atoms with E-state index in [1.807, 2.05) is 23.1 Å². The first-order valence-electron chi connectivity index (χ1n) is 8.83. The number of anilines is 1. The van der Waals surface area contributed by atoms with Gasteiger partial charge in [-0.25, -0.2) is 0 Å². The molecule has 0 aliphatic carbocycles. The normalized spacial score (nSPS) is 17.0. The van der Waals surface area contributed by atoms with Crippen LogP contribution in [-0.2, 0) is 11.3 Å². The summed E-state index contributed by atoms with van der Waals surface area (Å²) in [6.45, 7) is 3.96. The number of rotatable bonds is 5. The van der Waals surface area contributed by atoms with E-state index in [1.165, 1.54) is 5.56 Å². The summed E-state index contributed by atoms with van der Waals surface area (Å²) in [7, 11) is 0. The number of carbonyl (C=O) groups is 1. The van der Waals surface area contributed by atoms with Gasteiger partial charge in [0.1, 0.15) is 0 Å². The van der Waals surface area contributed by atoms with E-state index in [9.17, 15) is 4.79 Å². The van der Waals surface area contributed by atoms with Gasteiger partial charge in [-0.2, -0.15) is 0 Å². The molecule has 2 aliphatic rings. The Labute approximate surface area is 161 Å². The third-order valence-electron chi connectivity index (χ3n) is 4.88. The molecule has 1 fully saturated rings. The van der Waals surface area contributed by atoms with Gasteiger partial charge in [-0.1, -0.05) is 12.1 Å². The molecule has 0 radical (unpaired) electrons. The van der Waals surface area contributed by atoms with Gasteiger partial charge in [-0.05, 0) is 64.7 Å². The van der Waals surface area contributed by atoms with E-state index in [0.29, 0.717) is 6.42 Å². The van der Waals surface area contributed by atoms with Gasteiger partial charge in [-0.15, -0.1) is 0 Å². The maximum absolute atomic E-state index is 11.9. The third kappa shape index (κ3) is 3.44. The molecule has 1 amide bonds. The Kier molecular flexibility index (Phi) is 4.87. The van der Waals surface area contributed by atoms with Crippen molar-refractivity contribution in [1.82, 2.24) is 5.32 Å². The van der Waals surface area contributed by atoms with Crippen molar-refractivity contribution in [2.45, 2.75) is 32.4 Å². The fourth-order valence-electron chi connectivity index (χ4n) is 3.38. The first-order chi connectivity index (χ1) is 12.6. The molecule has 2 aromatic carbocycles. The summed E-state index contributed by atoms with van der Waals surface area (Å²) in [5.41, 5.74) is 3.32. The monoisotopic (exact) mass is 416 g/mol. The molecule has 2 heterocycles. The van der Waals surface area contributed by atoms with E-state index in [2.05, 4.69) is 46.4 Å². The lowest BCUT2D eigenvalue weighted by molar-refractivity contribution is -0.117. The van der Waals surface area contributed by atoms with Crippen molar-refractivity contribution in [2.24, 2.45) is 0 Å². The molecule has 2 aromatic rings. The van der Waals surface area contributed by atoms with E-state index in [1.54, 1.807) is 0 Å². The van der Waals surface area contributed by atoms with E-state index in [-0.39, 0.29) is 18.7 Å². The lowest BCUT2D eigenvalue weighted by Gasteiger charge is -2.18. The van der Waals surface area contributed by atoms with Crippen molar-refractivity contribution >= 4 is 27.5 Å². The van der Waals surface area contributed by atoms with Gasteiger partial charge in [-0.3, -0.25) is 4.79 Å². The first-order valence-corrected chi connectivity index (χ1v) is 9.63. The van der Waals surface area contributed by atoms with Gasteiger partial charge in [0, 0.05) is 31.2 Å². The Bertz CT molecular complexity index is 823. The standard InChI is InChI=1S/C20H21BrN2O3/c1-13(15-4-6-16(7-5-15)23-8-2-3-19(23)24)22-11-14-9-17(21)20-18(10-14)25-12-26-20/h4-7,9-10,13,22H,2-3,8,11-12H2,1H3. The highest BCUT2D eigenvalue weighted by molar-refractivity contribution is 9.10. The molecular weight excluding hydrogens is 396 g/mol. The molecule has 1 saturated heterocycles. The van der Waals surface area contributed by atoms with E-state index in [4.69, 9.17) is 9.47 Å². The second-order valence-electron chi connectivity index (χ2n) is 6.65. The molecule has 1 N–H and O–H groups in total. The van der Waals surface area contributed by atoms with Crippen LogP contribution in [-0.4, -0.2) is 19.2 Å². The van der Waals surface area contributed by atoms with E-state index in [0.717, 1.165) is 46.7 Å². The first kappa shape index (κ1) is 17.4. The number of halogens is 1. The Balaban J connectivity index is 1.40. The molecule has 0 spiro atoms. The summed E-state index contributed by atoms with van der Waals surface area (Å²) in [5.74, 6) is 1.77. The number of nitrogens with zero attached hydrogens (tertiary/aromatic N) is 1. The minimum atomic E-state index is 0.197. The molecule has 6 heteroatoms. The van der Waals surface area contributed by atoms with Gasteiger partial charge in [0.2, 0.25) is 12.7 Å². The highest BCUT2D eigenvalue weighted by atomic mass is 79.9. The van der Waals surface area contributed by atoms with Crippen LogP contribution >= 0.6 is 15.9 Å². The lowest BCUT2D eigenvalue weighted by Crippen LogP contribution is -2.23. The lowest BCUT2D eigenvalue weighted by atomic mass is 10.1. The van der Waals surface area contributed by atoms with Gasteiger partial charge in [0.25, 0.3) is 0 Å². The zero-order valence-electron chi connectivity index (χ0n) is 14.6. The summed E-state index contributed by atoms with van der Waals surface area (Å²) >= 11 is 3.53. The maximum atomic E-state index is 11.9. The minimum absolute atomic E-state index is 0.197. The van der Waals surface area contributed by atoms with Crippen molar-refractivity contribution in [1.29, 1.82) is 0 Å². The number of hydrogen-bond acceptors (Lipinski definition) is 4.